The highest BCUT2D eigenvalue weighted by Gasteiger charge is 2.38. The van der Waals surface area contributed by atoms with Gasteiger partial charge in [-0.05, 0) is 42.4 Å². The predicted molar refractivity (Wildman–Crippen MR) is 83.1 cm³/mol. The van der Waals surface area contributed by atoms with Crippen LogP contribution in [0.4, 0.5) is 0 Å². The Hall–Kier alpha value is -2.23. The van der Waals surface area contributed by atoms with Crippen molar-refractivity contribution >= 4 is 5.84 Å². The van der Waals surface area contributed by atoms with Gasteiger partial charge in [-0.25, -0.2) is 9.97 Å². The highest BCUT2D eigenvalue weighted by atomic mass is 15.0. The molecule has 2 heterocycles. The molecule has 4 heteroatoms. The summed E-state index contributed by atoms with van der Waals surface area (Å²) in [6.07, 6.45) is 10.5. The molecular weight excluding hydrogens is 260 g/mol. The summed E-state index contributed by atoms with van der Waals surface area (Å²) in [5.41, 5.74) is 11.2. The lowest BCUT2D eigenvalue weighted by Gasteiger charge is -2.33. The summed E-state index contributed by atoms with van der Waals surface area (Å²) in [6.45, 7) is 0. The van der Waals surface area contributed by atoms with Crippen molar-refractivity contribution in [1.29, 1.82) is 0 Å². The number of benzene rings is 1. The van der Waals surface area contributed by atoms with Crippen molar-refractivity contribution in [3.8, 4) is 11.1 Å². The third-order valence-electron chi connectivity index (χ3n) is 4.73. The first-order chi connectivity index (χ1) is 10.3. The average molecular weight is 278 g/mol. The summed E-state index contributed by atoms with van der Waals surface area (Å²) < 4.78 is 0. The molecule has 0 fully saturated rings. The minimum atomic E-state index is 0.0584. The summed E-state index contributed by atoms with van der Waals surface area (Å²) in [5, 5.41) is 0. The summed E-state index contributed by atoms with van der Waals surface area (Å²) in [7, 11) is 0. The molecule has 2 N–H and O–H groups in total. The zero-order valence-electron chi connectivity index (χ0n) is 11.9. The highest BCUT2D eigenvalue weighted by Crippen LogP contribution is 2.41. The molecule has 2 aromatic rings. The van der Waals surface area contributed by atoms with E-state index in [2.05, 4.69) is 28.2 Å². The number of aromatic nitrogens is 2. The lowest BCUT2D eigenvalue weighted by atomic mass is 9.75. The third-order valence-corrected chi connectivity index (χ3v) is 4.73. The Labute approximate surface area is 124 Å². The van der Waals surface area contributed by atoms with Crippen molar-refractivity contribution in [3.63, 3.8) is 0 Å². The minimum Gasteiger partial charge on any atom is -0.387 e. The Kier molecular flexibility index (Phi) is 2.77. The van der Waals surface area contributed by atoms with Crippen LogP contribution in [-0.2, 0) is 12.8 Å². The third kappa shape index (κ3) is 2.11. The zero-order chi connectivity index (χ0) is 14.3. The quantitative estimate of drug-likeness (QED) is 0.871. The average Bonchev–Trinajstić information content (AvgIpc) is 2.88. The van der Waals surface area contributed by atoms with E-state index < -0.39 is 0 Å². The van der Waals surface area contributed by atoms with Crippen LogP contribution in [-0.4, -0.2) is 21.3 Å². The maximum Gasteiger partial charge on any atom is 0.115 e. The van der Waals surface area contributed by atoms with Gasteiger partial charge in [0, 0.05) is 24.4 Å². The van der Waals surface area contributed by atoms with Crippen LogP contribution in [0.5, 0.6) is 0 Å². The van der Waals surface area contributed by atoms with Gasteiger partial charge in [0.1, 0.15) is 6.33 Å². The topological polar surface area (TPSA) is 64.2 Å². The number of hydrogen-bond donors (Lipinski definition) is 1. The first kappa shape index (κ1) is 12.5. The molecule has 1 aliphatic heterocycles. The van der Waals surface area contributed by atoms with Crippen LogP contribution in [0.3, 0.4) is 0 Å². The predicted octanol–water partition coefficient (Wildman–Crippen LogP) is 2.52. The Bertz CT molecular complexity index is 708. The van der Waals surface area contributed by atoms with Gasteiger partial charge in [0.05, 0.1) is 11.4 Å². The highest BCUT2D eigenvalue weighted by molar-refractivity contribution is 5.83. The lowest BCUT2D eigenvalue weighted by Crippen LogP contribution is -2.32. The van der Waals surface area contributed by atoms with Gasteiger partial charge in [-0.2, -0.15) is 0 Å². The van der Waals surface area contributed by atoms with Gasteiger partial charge in [0.25, 0.3) is 0 Å². The SMILES string of the molecule is NC1=NC2(CC1)CCc1c(cccc1-c1cncnc1)C2. The number of fused-ring (bicyclic) bond motifs is 1. The lowest BCUT2D eigenvalue weighted by molar-refractivity contribution is 0.375. The van der Waals surface area contributed by atoms with Crippen LogP contribution in [0.25, 0.3) is 11.1 Å². The van der Waals surface area contributed by atoms with E-state index >= 15 is 0 Å². The zero-order valence-corrected chi connectivity index (χ0v) is 11.9. The Morgan fingerprint density at radius 3 is 2.62 bits per heavy atom. The smallest absolute Gasteiger partial charge is 0.115 e. The van der Waals surface area contributed by atoms with Gasteiger partial charge in [0.2, 0.25) is 0 Å². The first-order valence-electron chi connectivity index (χ1n) is 7.46. The molecule has 0 amide bonds. The summed E-state index contributed by atoms with van der Waals surface area (Å²) in [4.78, 5) is 13.0. The molecule has 106 valence electrons. The van der Waals surface area contributed by atoms with Gasteiger partial charge >= 0.3 is 0 Å². The van der Waals surface area contributed by atoms with Crippen LogP contribution in [0.15, 0.2) is 41.9 Å². The van der Waals surface area contributed by atoms with E-state index in [0.717, 1.165) is 43.5 Å². The van der Waals surface area contributed by atoms with Gasteiger partial charge < -0.3 is 5.73 Å². The molecule has 2 aliphatic rings. The van der Waals surface area contributed by atoms with E-state index in [1.165, 1.54) is 16.7 Å². The maximum atomic E-state index is 5.91. The van der Waals surface area contributed by atoms with E-state index in [1.807, 2.05) is 12.4 Å². The molecule has 4 nitrogen and oxygen atoms in total. The normalized spacial score (nSPS) is 23.9. The molecule has 1 spiro atoms. The Balaban J connectivity index is 1.75. The molecule has 0 radical (unpaired) electrons. The van der Waals surface area contributed by atoms with Crippen molar-refractivity contribution in [2.75, 3.05) is 0 Å². The molecular formula is C17H18N4. The number of nitrogens with zero attached hydrogens (tertiary/aromatic N) is 3. The number of nitrogens with two attached hydrogens (primary N) is 1. The largest absolute Gasteiger partial charge is 0.387 e. The number of aliphatic imine (C=N–C) groups is 1. The van der Waals surface area contributed by atoms with E-state index in [-0.39, 0.29) is 5.54 Å². The van der Waals surface area contributed by atoms with E-state index in [4.69, 9.17) is 10.7 Å². The molecule has 1 unspecified atom stereocenters. The Morgan fingerprint density at radius 2 is 1.86 bits per heavy atom. The molecule has 1 aliphatic carbocycles. The molecule has 21 heavy (non-hydrogen) atoms. The monoisotopic (exact) mass is 278 g/mol. The number of rotatable bonds is 1. The standard InChI is InChI=1S/C17H18N4/c18-16-5-7-17(21-16)6-4-15-12(8-17)2-1-3-14(15)13-9-19-11-20-10-13/h1-3,9-11H,4-8H2,(H2,18,21). The van der Waals surface area contributed by atoms with Gasteiger partial charge in [-0.3, -0.25) is 4.99 Å². The maximum absolute atomic E-state index is 5.91. The van der Waals surface area contributed by atoms with Crippen molar-refractivity contribution in [1.82, 2.24) is 9.97 Å². The van der Waals surface area contributed by atoms with Crippen molar-refractivity contribution in [2.24, 2.45) is 10.7 Å². The first-order valence-corrected chi connectivity index (χ1v) is 7.46. The van der Waals surface area contributed by atoms with Gasteiger partial charge in [-0.15, -0.1) is 0 Å². The number of amidine groups is 1. The second kappa shape index (κ2) is 4.65. The molecule has 0 saturated heterocycles. The van der Waals surface area contributed by atoms with Crippen LogP contribution in [0.1, 0.15) is 30.4 Å². The molecule has 0 bridgehead atoms. The van der Waals surface area contributed by atoms with Crippen molar-refractivity contribution < 1.29 is 0 Å². The van der Waals surface area contributed by atoms with Crippen molar-refractivity contribution in [3.05, 3.63) is 48.0 Å². The molecule has 0 saturated carbocycles. The van der Waals surface area contributed by atoms with E-state index in [9.17, 15) is 0 Å². The summed E-state index contributed by atoms with van der Waals surface area (Å²) in [5.74, 6) is 0.825. The van der Waals surface area contributed by atoms with Crippen LogP contribution in [0, 0.1) is 0 Å². The second-order valence-electron chi connectivity index (χ2n) is 6.07. The Morgan fingerprint density at radius 1 is 1.05 bits per heavy atom. The van der Waals surface area contributed by atoms with Gasteiger partial charge in [0.15, 0.2) is 0 Å². The molecule has 4 rings (SSSR count). The fourth-order valence-electron chi connectivity index (χ4n) is 3.69. The van der Waals surface area contributed by atoms with Crippen LogP contribution < -0.4 is 5.73 Å². The fourth-order valence-corrected chi connectivity index (χ4v) is 3.69. The minimum absolute atomic E-state index is 0.0584. The fraction of sp³-hybridized carbons (Fsp3) is 0.353. The molecule has 1 aromatic carbocycles. The van der Waals surface area contributed by atoms with Gasteiger partial charge in [-0.1, -0.05) is 18.2 Å². The van der Waals surface area contributed by atoms with E-state index in [0.29, 0.717) is 0 Å². The van der Waals surface area contributed by atoms with Crippen LogP contribution in [0.2, 0.25) is 0 Å². The summed E-state index contributed by atoms with van der Waals surface area (Å²) in [6, 6.07) is 6.53. The van der Waals surface area contributed by atoms with Crippen LogP contribution >= 0.6 is 0 Å². The molecule has 1 aromatic heterocycles. The van der Waals surface area contributed by atoms with E-state index in [1.54, 1.807) is 6.33 Å². The second-order valence-corrected chi connectivity index (χ2v) is 6.07. The summed E-state index contributed by atoms with van der Waals surface area (Å²) >= 11 is 0. The number of hydrogen-bond acceptors (Lipinski definition) is 4. The molecule has 1 atom stereocenters. The van der Waals surface area contributed by atoms with Crippen molar-refractivity contribution in [2.45, 2.75) is 37.6 Å².